The van der Waals surface area contributed by atoms with Crippen LogP contribution in [-0.4, -0.2) is 42.7 Å². The highest BCUT2D eigenvalue weighted by Crippen LogP contribution is 2.41. The smallest absolute Gasteiger partial charge is 0.322 e. The van der Waals surface area contributed by atoms with Gasteiger partial charge in [0.1, 0.15) is 12.2 Å². The van der Waals surface area contributed by atoms with Crippen molar-refractivity contribution in [2.45, 2.75) is 32.7 Å². The summed E-state index contributed by atoms with van der Waals surface area (Å²) in [7, 11) is 1.64. The summed E-state index contributed by atoms with van der Waals surface area (Å²) in [5, 5.41) is 3.00. The van der Waals surface area contributed by atoms with Crippen LogP contribution in [0.4, 0.5) is 10.5 Å². The van der Waals surface area contributed by atoms with Gasteiger partial charge in [-0.3, -0.25) is 4.99 Å². The van der Waals surface area contributed by atoms with Gasteiger partial charge in [0.05, 0.1) is 0 Å². The van der Waals surface area contributed by atoms with Crippen molar-refractivity contribution >= 4 is 23.9 Å². The minimum absolute atomic E-state index is 0.0187. The molecule has 24 heavy (non-hydrogen) atoms. The Morgan fingerprint density at radius 1 is 1.42 bits per heavy atom. The zero-order valence-electron chi connectivity index (χ0n) is 14.5. The molecule has 1 aromatic carbocycles. The average Bonchev–Trinajstić information content (AvgIpc) is 3.13. The van der Waals surface area contributed by atoms with Crippen molar-refractivity contribution in [2.75, 3.05) is 18.9 Å². The molecule has 0 aromatic heterocycles. The topological polar surface area (TPSA) is 83.1 Å². The summed E-state index contributed by atoms with van der Waals surface area (Å²) >= 11 is 0. The Hall–Kier alpha value is -2.37. The highest BCUT2D eigenvalue weighted by atomic mass is 16.2. The van der Waals surface area contributed by atoms with E-state index in [4.69, 9.17) is 5.73 Å². The Morgan fingerprint density at radius 2 is 2.21 bits per heavy atom. The van der Waals surface area contributed by atoms with Crippen LogP contribution in [0, 0.1) is 18.8 Å². The molecule has 2 aliphatic rings. The third kappa shape index (κ3) is 3.13. The van der Waals surface area contributed by atoms with Gasteiger partial charge in [-0.2, -0.15) is 0 Å². The number of amidine groups is 1. The van der Waals surface area contributed by atoms with E-state index in [1.807, 2.05) is 30.0 Å². The molecule has 1 heterocycles. The number of carbonyl (C=O) groups is 1. The molecule has 1 aliphatic heterocycles. The third-order valence-corrected chi connectivity index (χ3v) is 5.23. The molecular formula is C18H25N5O. The molecule has 1 saturated carbocycles. The predicted molar refractivity (Wildman–Crippen MR) is 97.7 cm³/mol. The van der Waals surface area contributed by atoms with E-state index >= 15 is 0 Å². The van der Waals surface area contributed by atoms with E-state index in [1.165, 1.54) is 6.34 Å². The summed E-state index contributed by atoms with van der Waals surface area (Å²) in [6.07, 6.45) is 3.68. The normalized spacial score (nSPS) is 26.4. The van der Waals surface area contributed by atoms with E-state index in [1.54, 1.807) is 7.05 Å². The number of rotatable bonds is 3. The summed E-state index contributed by atoms with van der Waals surface area (Å²) in [6.45, 7) is 5.12. The maximum Gasteiger partial charge on any atom is 0.322 e. The average molecular weight is 327 g/mol. The Balaban J connectivity index is 1.73. The van der Waals surface area contributed by atoms with Crippen LogP contribution >= 0.6 is 0 Å². The predicted octanol–water partition coefficient (Wildman–Crippen LogP) is 2.62. The first kappa shape index (κ1) is 16.5. The first-order chi connectivity index (χ1) is 11.5. The van der Waals surface area contributed by atoms with Crippen molar-refractivity contribution in [2.24, 2.45) is 27.6 Å². The van der Waals surface area contributed by atoms with E-state index in [0.29, 0.717) is 17.8 Å². The van der Waals surface area contributed by atoms with Crippen LogP contribution in [0.25, 0.3) is 0 Å². The number of fused-ring (bicyclic) bond motifs is 2. The van der Waals surface area contributed by atoms with Crippen LogP contribution in [0.5, 0.6) is 0 Å². The lowest BCUT2D eigenvalue weighted by Crippen LogP contribution is -2.42. The van der Waals surface area contributed by atoms with Crippen LogP contribution in [0.3, 0.4) is 0 Å². The molecule has 128 valence electrons. The van der Waals surface area contributed by atoms with Crippen molar-refractivity contribution in [1.82, 2.24) is 4.90 Å². The number of hydrogen-bond acceptors (Lipinski definition) is 2. The van der Waals surface area contributed by atoms with Gasteiger partial charge in [0.2, 0.25) is 0 Å². The van der Waals surface area contributed by atoms with Crippen molar-refractivity contribution in [1.29, 1.82) is 0 Å². The number of nitrogens with zero attached hydrogens (tertiary/aromatic N) is 3. The standard InChI is InChI=1S/C18H25N5O/c1-11-4-5-14(8-16(11)17(19)21-10-20-3)22-18(24)23-9-13-7-15(23)6-12(13)2/h4-5,8,10,12-13,15H,6-7,9H2,1-3H3,(H,22,24)(H2,19,20,21)/t12-,13?,15?/m1/s1. The van der Waals surface area contributed by atoms with Gasteiger partial charge >= 0.3 is 6.03 Å². The van der Waals surface area contributed by atoms with Crippen LogP contribution in [0.1, 0.15) is 30.9 Å². The fourth-order valence-electron chi connectivity index (χ4n) is 3.82. The van der Waals surface area contributed by atoms with Gasteiger partial charge in [-0.25, -0.2) is 9.79 Å². The highest BCUT2D eigenvalue weighted by molar-refractivity contribution is 6.03. The second-order valence-electron chi connectivity index (χ2n) is 6.86. The van der Waals surface area contributed by atoms with E-state index in [-0.39, 0.29) is 6.03 Å². The number of nitrogens with two attached hydrogens (primary N) is 1. The van der Waals surface area contributed by atoms with E-state index in [2.05, 4.69) is 22.2 Å². The number of benzene rings is 1. The number of carbonyl (C=O) groups excluding carboxylic acids is 1. The molecule has 0 radical (unpaired) electrons. The van der Waals surface area contributed by atoms with Gasteiger partial charge in [0.25, 0.3) is 0 Å². The lowest BCUT2D eigenvalue weighted by Gasteiger charge is -2.30. The number of amides is 2. The van der Waals surface area contributed by atoms with Crippen molar-refractivity contribution in [3.05, 3.63) is 29.3 Å². The van der Waals surface area contributed by atoms with Crippen LogP contribution in [-0.2, 0) is 0 Å². The lowest BCUT2D eigenvalue weighted by molar-refractivity contribution is 0.181. The first-order valence-corrected chi connectivity index (χ1v) is 8.42. The molecule has 3 atom stereocenters. The van der Waals surface area contributed by atoms with E-state index in [0.717, 1.165) is 42.1 Å². The molecule has 6 heteroatoms. The molecule has 0 spiro atoms. The van der Waals surface area contributed by atoms with Crippen molar-refractivity contribution in [3.8, 4) is 0 Å². The number of urea groups is 1. The molecule has 1 aliphatic carbocycles. The molecule has 1 aromatic rings. The Labute approximate surface area is 142 Å². The number of piperidine rings is 1. The van der Waals surface area contributed by atoms with Crippen LogP contribution in [0.2, 0.25) is 0 Å². The van der Waals surface area contributed by atoms with Gasteiger partial charge in [-0.1, -0.05) is 13.0 Å². The molecule has 1 saturated heterocycles. The molecule has 2 amide bonds. The quantitative estimate of drug-likeness (QED) is 0.661. The molecule has 2 unspecified atom stereocenters. The zero-order valence-corrected chi connectivity index (χ0v) is 14.5. The van der Waals surface area contributed by atoms with Crippen molar-refractivity contribution in [3.63, 3.8) is 0 Å². The SMILES string of the molecule is CN=CN=C(N)c1cc(NC(=O)N2CC3CC2C[C@H]3C)ccc1C. The summed E-state index contributed by atoms with van der Waals surface area (Å²) < 4.78 is 0. The van der Waals surface area contributed by atoms with Gasteiger partial charge in [-0.05, 0) is 49.3 Å². The molecule has 2 fully saturated rings. The Kier molecular flexibility index (Phi) is 4.55. The molecular weight excluding hydrogens is 302 g/mol. The summed E-state index contributed by atoms with van der Waals surface area (Å²) in [5.41, 5.74) is 8.56. The highest BCUT2D eigenvalue weighted by Gasteiger charge is 2.44. The largest absolute Gasteiger partial charge is 0.383 e. The number of anilines is 1. The zero-order chi connectivity index (χ0) is 17.3. The molecule has 3 N–H and O–H groups in total. The van der Waals surface area contributed by atoms with E-state index < -0.39 is 0 Å². The number of nitrogens with one attached hydrogen (secondary N) is 1. The molecule has 6 nitrogen and oxygen atoms in total. The number of aryl methyl sites for hydroxylation is 1. The molecule has 3 rings (SSSR count). The first-order valence-electron chi connectivity index (χ1n) is 8.42. The second-order valence-corrected chi connectivity index (χ2v) is 6.86. The van der Waals surface area contributed by atoms with E-state index in [9.17, 15) is 4.79 Å². The van der Waals surface area contributed by atoms with Gasteiger partial charge in [0, 0.05) is 30.9 Å². The minimum Gasteiger partial charge on any atom is -0.383 e. The summed E-state index contributed by atoms with van der Waals surface area (Å²) in [6, 6.07) is 6.08. The third-order valence-electron chi connectivity index (χ3n) is 5.23. The Morgan fingerprint density at radius 3 is 2.83 bits per heavy atom. The number of hydrogen-bond donors (Lipinski definition) is 2. The number of likely N-dealkylation sites (tertiary alicyclic amines) is 1. The lowest BCUT2D eigenvalue weighted by atomic mass is 9.97. The summed E-state index contributed by atoms with van der Waals surface area (Å²) in [4.78, 5) is 22.5. The Bertz CT molecular complexity index is 695. The maximum absolute atomic E-state index is 12.6. The summed E-state index contributed by atoms with van der Waals surface area (Å²) in [5.74, 6) is 1.79. The maximum atomic E-state index is 12.6. The van der Waals surface area contributed by atoms with Gasteiger partial charge in [-0.15, -0.1) is 0 Å². The monoisotopic (exact) mass is 327 g/mol. The van der Waals surface area contributed by atoms with Crippen LogP contribution in [0.15, 0.2) is 28.2 Å². The van der Waals surface area contributed by atoms with Gasteiger partial charge in [0.15, 0.2) is 0 Å². The molecule has 2 bridgehead atoms. The number of aliphatic imine (C=N–C) groups is 2. The second kappa shape index (κ2) is 6.63. The van der Waals surface area contributed by atoms with Crippen LogP contribution < -0.4 is 11.1 Å². The fraction of sp³-hybridized carbons (Fsp3) is 0.500. The van der Waals surface area contributed by atoms with Gasteiger partial charge < -0.3 is 16.0 Å². The fourth-order valence-corrected chi connectivity index (χ4v) is 3.82. The minimum atomic E-state index is -0.0187. The van der Waals surface area contributed by atoms with Crippen molar-refractivity contribution < 1.29 is 4.79 Å².